The summed E-state index contributed by atoms with van der Waals surface area (Å²) in [5.74, 6) is 0. The summed E-state index contributed by atoms with van der Waals surface area (Å²) in [7, 11) is 0. The molecule has 2 atom stereocenters. The Bertz CT molecular complexity index is 839. The van der Waals surface area contributed by atoms with Crippen LogP contribution >= 0.6 is 11.6 Å². The van der Waals surface area contributed by atoms with Gasteiger partial charge in [-0.25, -0.2) is 0 Å². The fourth-order valence-corrected chi connectivity index (χ4v) is 3.70. The van der Waals surface area contributed by atoms with Gasteiger partial charge in [-0.05, 0) is 44.0 Å². The molecule has 2 aromatic carbocycles. The predicted octanol–water partition coefficient (Wildman–Crippen LogP) is 4.43. The summed E-state index contributed by atoms with van der Waals surface area (Å²) in [4.78, 5) is 7.91. The number of rotatable bonds is 10. The van der Waals surface area contributed by atoms with Crippen LogP contribution in [-0.2, 0) is 16.1 Å². The molecule has 3 rings (SSSR count). The zero-order valence-electron chi connectivity index (χ0n) is 17.9. The highest BCUT2D eigenvalue weighted by atomic mass is 35.5. The second kappa shape index (κ2) is 10.9. The zero-order valence-corrected chi connectivity index (χ0v) is 18.7. The molecule has 0 saturated heterocycles. The standard InChI is InChI=1S/C24H31ClN2O3/c1-17(2)29-16-22(28)14-27(13-19-5-4-6-21(25)11-19)15-23-12-24(26-30-23)20-9-7-18(3)8-10-20/h4-11,17,22-23,28H,12-16H2,1-3H3/t22-,23+/m1/s1. The van der Waals surface area contributed by atoms with E-state index in [1.165, 1.54) is 5.56 Å². The molecular formula is C24H31ClN2O3. The monoisotopic (exact) mass is 430 g/mol. The van der Waals surface area contributed by atoms with Crippen molar-refractivity contribution in [2.45, 2.75) is 52.0 Å². The molecule has 2 aromatic rings. The molecule has 0 bridgehead atoms. The molecule has 0 aliphatic carbocycles. The van der Waals surface area contributed by atoms with Crippen molar-refractivity contribution in [1.29, 1.82) is 0 Å². The third kappa shape index (κ3) is 7.10. The van der Waals surface area contributed by atoms with E-state index in [2.05, 4.69) is 41.2 Å². The van der Waals surface area contributed by atoms with Crippen molar-refractivity contribution >= 4 is 17.3 Å². The number of hydrogen-bond acceptors (Lipinski definition) is 5. The lowest BCUT2D eigenvalue weighted by atomic mass is 10.0. The highest BCUT2D eigenvalue weighted by Crippen LogP contribution is 2.20. The maximum Gasteiger partial charge on any atom is 0.145 e. The molecule has 0 radical (unpaired) electrons. The largest absolute Gasteiger partial charge is 0.390 e. The van der Waals surface area contributed by atoms with Crippen LogP contribution in [0.4, 0.5) is 0 Å². The van der Waals surface area contributed by atoms with Gasteiger partial charge in [0.1, 0.15) is 6.10 Å². The Labute approximate surface area is 184 Å². The number of nitrogens with zero attached hydrogens (tertiary/aromatic N) is 2. The highest BCUT2D eigenvalue weighted by Gasteiger charge is 2.26. The second-order valence-corrected chi connectivity index (χ2v) is 8.63. The van der Waals surface area contributed by atoms with E-state index in [0.717, 1.165) is 23.3 Å². The molecule has 0 spiro atoms. The van der Waals surface area contributed by atoms with E-state index in [9.17, 15) is 5.11 Å². The molecule has 0 unspecified atom stereocenters. The molecule has 30 heavy (non-hydrogen) atoms. The molecule has 1 N–H and O–H groups in total. The van der Waals surface area contributed by atoms with Crippen molar-refractivity contribution in [3.05, 3.63) is 70.2 Å². The number of benzene rings is 2. The van der Waals surface area contributed by atoms with Crippen molar-refractivity contribution in [3.63, 3.8) is 0 Å². The van der Waals surface area contributed by atoms with Crippen molar-refractivity contribution < 1.29 is 14.7 Å². The summed E-state index contributed by atoms with van der Waals surface area (Å²) >= 11 is 6.16. The number of halogens is 1. The summed E-state index contributed by atoms with van der Waals surface area (Å²) < 4.78 is 5.58. The fraction of sp³-hybridized carbons (Fsp3) is 0.458. The van der Waals surface area contributed by atoms with E-state index in [4.69, 9.17) is 21.2 Å². The van der Waals surface area contributed by atoms with Crippen LogP contribution in [0.15, 0.2) is 53.7 Å². The third-order valence-corrected chi connectivity index (χ3v) is 5.20. The first-order chi connectivity index (χ1) is 14.4. The minimum atomic E-state index is -0.578. The average Bonchev–Trinajstić information content (AvgIpc) is 3.15. The van der Waals surface area contributed by atoms with Crippen LogP contribution < -0.4 is 0 Å². The Morgan fingerprint density at radius 2 is 2.00 bits per heavy atom. The first-order valence-corrected chi connectivity index (χ1v) is 10.8. The Balaban J connectivity index is 1.62. The maximum atomic E-state index is 10.5. The van der Waals surface area contributed by atoms with Gasteiger partial charge in [-0.15, -0.1) is 0 Å². The van der Waals surface area contributed by atoms with Gasteiger partial charge in [-0.2, -0.15) is 0 Å². The SMILES string of the molecule is Cc1ccc(C2=NO[C@H](CN(Cc3cccc(Cl)c3)C[C@@H](O)COC(C)C)C2)cc1. The third-order valence-electron chi connectivity index (χ3n) is 4.97. The van der Waals surface area contributed by atoms with Gasteiger partial charge in [0.15, 0.2) is 0 Å². The van der Waals surface area contributed by atoms with Crippen molar-refractivity contribution in [1.82, 2.24) is 4.90 Å². The van der Waals surface area contributed by atoms with E-state index >= 15 is 0 Å². The van der Waals surface area contributed by atoms with E-state index in [1.807, 2.05) is 38.1 Å². The van der Waals surface area contributed by atoms with Crippen LogP contribution in [0, 0.1) is 6.92 Å². The van der Waals surface area contributed by atoms with Gasteiger partial charge >= 0.3 is 0 Å². The van der Waals surface area contributed by atoms with Crippen LogP contribution in [0.3, 0.4) is 0 Å². The summed E-state index contributed by atoms with van der Waals surface area (Å²) in [6, 6.07) is 16.1. The molecule has 1 aliphatic heterocycles. The first kappa shape index (κ1) is 22.8. The minimum Gasteiger partial charge on any atom is -0.390 e. The topological polar surface area (TPSA) is 54.3 Å². The summed E-state index contributed by atoms with van der Waals surface area (Å²) in [6.07, 6.45) is 0.196. The van der Waals surface area contributed by atoms with Gasteiger partial charge in [0, 0.05) is 31.1 Å². The van der Waals surface area contributed by atoms with Crippen LogP contribution in [0.1, 0.15) is 37.0 Å². The van der Waals surface area contributed by atoms with Crippen LogP contribution in [0.5, 0.6) is 0 Å². The zero-order chi connectivity index (χ0) is 21.5. The number of ether oxygens (including phenoxy) is 1. The van der Waals surface area contributed by atoms with Crippen LogP contribution in [0.25, 0.3) is 0 Å². The van der Waals surface area contributed by atoms with Crippen molar-refractivity contribution in [2.24, 2.45) is 5.16 Å². The summed E-state index contributed by atoms with van der Waals surface area (Å²) in [6.45, 7) is 8.11. The van der Waals surface area contributed by atoms with Gasteiger partial charge in [0.25, 0.3) is 0 Å². The molecule has 162 valence electrons. The highest BCUT2D eigenvalue weighted by molar-refractivity contribution is 6.30. The van der Waals surface area contributed by atoms with Crippen molar-refractivity contribution in [3.8, 4) is 0 Å². The second-order valence-electron chi connectivity index (χ2n) is 8.20. The van der Waals surface area contributed by atoms with E-state index in [0.29, 0.717) is 31.3 Å². The normalized spacial score (nSPS) is 17.3. The minimum absolute atomic E-state index is 0.0568. The van der Waals surface area contributed by atoms with Gasteiger partial charge < -0.3 is 14.7 Å². The molecule has 0 amide bonds. The van der Waals surface area contributed by atoms with Crippen LogP contribution in [0.2, 0.25) is 5.02 Å². The number of hydrogen-bond donors (Lipinski definition) is 1. The van der Waals surface area contributed by atoms with Gasteiger partial charge in [0.2, 0.25) is 0 Å². The molecular weight excluding hydrogens is 400 g/mol. The van der Waals surface area contributed by atoms with Crippen LogP contribution in [-0.4, -0.2) is 53.7 Å². The molecule has 6 heteroatoms. The molecule has 1 heterocycles. The average molecular weight is 431 g/mol. The lowest BCUT2D eigenvalue weighted by molar-refractivity contribution is -0.0194. The number of aliphatic hydroxyl groups excluding tert-OH is 1. The Morgan fingerprint density at radius 1 is 1.23 bits per heavy atom. The fourth-order valence-electron chi connectivity index (χ4n) is 3.48. The van der Waals surface area contributed by atoms with Gasteiger partial charge in [-0.1, -0.05) is 58.7 Å². The van der Waals surface area contributed by atoms with Gasteiger partial charge in [0.05, 0.1) is 24.5 Å². The first-order valence-electron chi connectivity index (χ1n) is 10.4. The number of aryl methyl sites for hydroxylation is 1. The smallest absolute Gasteiger partial charge is 0.145 e. The van der Waals surface area contributed by atoms with E-state index < -0.39 is 6.10 Å². The Morgan fingerprint density at radius 3 is 2.70 bits per heavy atom. The Hall–Kier alpha value is -1.92. The number of oxime groups is 1. The molecule has 0 aromatic heterocycles. The lowest BCUT2D eigenvalue weighted by Crippen LogP contribution is -2.39. The number of aliphatic hydroxyl groups is 1. The summed E-state index contributed by atoms with van der Waals surface area (Å²) in [5, 5.41) is 15.5. The molecule has 0 fully saturated rings. The molecule has 0 saturated carbocycles. The van der Waals surface area contributed by atoms with E-state index in [1.54, 1.807) is 0 Å². The lowest BCUT2D eigenvalue weighted by Gasteiger charge is -2.27. The summed E-state index contributed by atoms with van der Waals surface area (Å²) in [5.41, 5.74) is 4.37. The van der Waals surface area contributed by atoms with E-state index in [-0.39, 0.29) is 12.2 Å². The molecule has 1 aliphatic rings. The Kier molecular flexibility index (Phi) is 8.28. The quantitative estimate of drug-likeness (QED) is 0.605. The molecule has 5 nitrogen and oxygen atoms in total. The maximum absolute atomic E-state index is 10.5. The van der Waals surface area contributed by atoms with Gasteiger partial charge in [-0.3, -0.25) is 4.90 Å². The predicted molar refractivity (Wildman–Crippen MR) is 121 cm³/mol. The van der Waals surface area contributed by atoms with Crippen molar-refractivity contribution in [2.75, 3.05) is 19.7 Å².